The normalized spacial score (nSPS) is 17.1. The zero-order chi connectivity index (χ0) is 25.0. The van der Waals surface area contributed by atoms with Gasteiger partial charge >= 0.3 is 5.97 Å². The Labute approximate surface area is 203 Å². The molecule has 1 aliphatic heterocycles. The van der Waals surface area contributed by atoms with Crippen LogP contribution in [0.15, 0.2) is 56.9 Å². The number of benzene rings is 2. The molecule has 11 heteroatoms. The van der Waals surface area contributed by atoms with Crippen LogP contribution < -0.4 is 5.32 Å². The van der Waals surface area contributed by atoms with Crippen LogP contribution in [0.2, 0.25) is 0 Å². The number of rotatable bonds is 7. The molecule has 4 rings (SSSR count). The monoisotopic (exact) mass is 498 g/mol. The number of carboxylic acid groups (broad SMARTS) is 1. The highest BCUT2D eigenvalue weighted by Gasteiger charge is 2.32. The van der Waals surface area contributed by atoms with Crippen LogP contribution in [-0.4, -0.2) is 60.2 Å². The van der Waals surface area contributed by atoms with Gasteiger partial charge in [-0.05, 0) is 48.7 Å². The largest absolute Gasteiger partial charge is 0.507 e. The highest BCUT2D eigenvalue weighted by Crippen LogP contribution is 2.28. The van der Waals surface area contributed by atoms with Gasteiger partial charge in [-0.3, -0.25) is 4.79 Å². The first-order valence-corrected chi connectivity index (χ1v) is 12.8. The molecule has 35 heavy (non-hydrogen) atoms. The van der Waals surface area contributed by atoms with Gasteiger partial charge in [-0.25, -0.2) is 9.80 Å². The number of nitrogens with one attached hydrogen (secondary N) is 1. The van der Waals surface area contributed by atoms with Gasteiger partial charge in [-0.2, -0.15) is 13.5 Å². The van der Waals surface area contributed by atoms with Gasteiger partial charge in [0.1, 0.15) is 16.2 Å². The SMILES string of the molecule is O=C(CCN(N=Cc1ccc(O)c(C(=O)O)c1)C1=NS(=O)(=O)c2ccccc21)NC1CCCCC1. The van der Waals surface area contributed by atoms with Gasteiger partial charge in [0.05, 0.1) is 12.8 Å². The van der Waals surface area contributed by atoms with E-state index in [0.29, 0.717) is 11.1 Å². The molecular weight excluding hydrogens is 472 g/mol. The number of amidine groups is 1. The Bertz CT molecular complexity index is 1300. The molecule has 2 aromatic rings. The van der Waals surface area contributed by atoms with E-state index in [4.69, 9.17) is 0 Å². The zero-order valence-corrected chi connectivity index (χ0v) is 19.7. The second kappa shape index (κ2) is 10.3. The van der Waals surface area contributed by atoms with E-state index >= 15 is 0 Å². The Morgan fingerprint density at radius 2 is 1.89 bits per heavy atom. The highest BCUT2D eigenvalue weighted by atomic mass is 32.2. The van der Waals surface area contributed by atoms with Crippen LogP contribution in [0, 0.1) is 0 Å². The van der Waals surface area contributed by atoms with Gasteiger partial charge in [0, 0.05) is 18.0 Å². The number of sulfonamides is 1. The van der Waals surface area contributed by atoms with Gasteiger partial charge in [0.2, 0.25) is 5.91 Å². The summed E-state index contributed by atoms with van der Waals surface area (Å²) in [6.07, 6.45) is 6.61. The van der Waals surface area contributed by atoms with Crippen LogP contribution in [0.1, 0.15) is 60.0 Å². The second-order valence-corrected chi connectivity index (χ2v) is 10.1. The Kier molecular flexibility index (Phi) is 7.15. The molecule has 0 spiro atoms. The number of phenols is 1. The van der Waals surface area contributed by atoms with Crippen molar-refractivity contribution in [3.05, 3.63) is 59.2 Å². The minimum absolute atomic E-state index is 0.0552. The molecule has 0 unspecified atom stereocenters. The summed E-state index contributed by atoms with van der Waals surface area (Å²) in [4.78, 5) is 24.0. The quantitative estimate of drug-likeness (QED) is 0.392. The molecule has 1 amide bonds. The van der Waals surface area contributed by atoms with Gasteiger partial charge in [-0.15, -0.1) is 4.40 Å². The predicted molar refractivity (Wildman–Crippen MR) is 129 cm³/mol. The van der Waals surface area contributed by atoms with Crippen LogP contribution >= 0.6 is 0 Å². The molecule has 3 N–H and O–H groups in total. The number of aromatic hydroxyl groups is 1. The molecule has 2 aromatic carbocycles. The first-order chi connectivity index (χ1) is 16.7. The molecule has 0 aromatic heterocycles. The van der Waals surface area contributed by atoms with Gasteiger partial charge in [0.15, 0.2) is 5.84 Å². The van der Waals surface area contributed by atoms with Crippen molar-refractivity contribution >= 4 is 33.9 Å². The molecule has 0 saturated heterocycles. The van der Waals surface area contributed by atoms with E-state index in [1.807, 2.05) is 0 Å². The smallest absolute Gasteiger partial charge is 0.339 e. The van der Waals surface area contributed by atoms with E-state index < -0.39 is 16.0 Å². The zero-order valence-electron chi connectivity index (χ0n) is 18.9. The minimum Gasteiger partial charge on any atom is -0.507 e. The van der Waals surface area contributed by atoms with Crippen molar-refractivity contribution in [2.24, 2.45) is 9.50 Å². The van der Waals surface area contributed by atoms with Crippen molar-refractivity contribution in [1.82, 2.24) is 10.3 Å². The van der Waals surface area contributed by atoms with Crippen molar-refractivity contribution in [2.75, 3.05) is 6.54 Å². The summed E-state index contributed by atoms with van der Waals surface area (Å²) in [5, 5.41) is 27.7. The maximum Gasteiger partial charge on any atom is 0.339 e. The Morgan fingerprint density at radius 1 is 1.14 bits per heavy atom. The molecule has 0 atom stereocenters. The molecule has 2 aliphatic rings. The fourth-order valence-electron chi connectivity index (χ4n) is 4.19. The Hall–Kier alpha value is -3.73. The molecule has 1 saturated carbocycles. The van der Waals surface area contributed by atoms with Crippen LogP contribution in [0.3, 0.4) is 0 Å². The molecule has 1 aliphatic carbocycles. The molecule has 10 nitrogen and oxygen atoms in total. The lowest BCUT2D eigenvalue weighted by Gasteiger charge is -2.24. The summed E-state index contributed by atoms with van der Waals surface area (Å²) in [6.45, 7) is 0.0572. The number of nitrogens with zero attached hydrogens (tertiary/aromatic N) is 3. The third-order valence-corrected chi connectivity index (χ3v) is 7.30. The molecular formula is C24H26N4O6S. The van der Waals surface area contributed by atoms with E-state index in [-0.39, 0.29) is 47.0 Å². The Balaban J connectivity index is 1.59. The van der Waals surface area contributed by atoms with Crippen LogP contribution in [0.25, 0.3) is 0 Å². The third-order valence-electron chi connectivity index (χ3n) is 5.98. The number of carbonyl (C=O) groups is 2. The number of fused-ring (bicyclic) bond motifs is 1. The molecule has 0 bridgehead atoms. The second-order valence-electron chi connectivity index (χ2n) is 8.49. The lowest BCUT2D eigenvalue weighted by molar-refractivity contribution is -0.122. The lowest BCUT2D eigenvalue weighted by atomic mass is 9.95. The maximum atomic E-state index is 12.6. The van der Waals surface area contributed by atoms with Crippen LogP contribution in [0.4, 0.5) is 0 Å². The fourth-order valence-corrected chi connectivity index (χ4v) is 5.40. The number of hydrazone groups is 1. The average Bonchev–Trinajstić information content (AvgIpc) is 3.11. The van der Waals surface area contributed by atoms with E-state index in [1.165, 1.54) is 41.9 Å². The van der Waals surface area contributed by atoms with Crippen molar-refractivity contribution in [3.8, 4) is 5.75 Å². The Morgan fingerprint density at radius 3 is 2.63 bits per heavy atom. The predicted octanol–water partition coefficient (Wildman–Crippen LogP) is 2.71. The number of hydrogen-bond donors (Lipinski definition) is 3. The molecule has 1 heterocycles. The van der Waals surface area contributed by atoms with Crippen LogP contribution in [-0.2, 0) is 14.8 Å². The topological polar surface area (TPSA) is 149 Å². The molecule has 1 fully saturated rings. The number of hydrogen-bond acceptors (Lipinski definition) is 7. The summed E-state index contributed by atoms with van der Waals surface area (Å²) < 4.78 is 29.0. The van der Waals surface area contributed by atoms with E-state index in [0.717, 1.165) is 25.7 Å². The van der Waals surface area contributed by atoms with Gasteiger partial charge in [0.25, 0.3) is 10.0 Å². The van der Waals surface area contributed by atoms with Crippen molar-refractivity contribution < 1.29 is 28.2 Å². The molecule has 184 valence electrons. The third kappa shape index (κ3) is 5.68. The summed E-state index contributed by atoms with van der Waals surface area (Å²) in [6, 6.07) is 10.5. The van der Waals surface area contributed by atoms with E-state index in [9.17, 15) is 28.2 Å². The summed E-state index contributed by atoms with van der Waals surface area (Å²) >= 11 is 0. The average molecular weight is 499 g/mol. The maximum absolute atomic E-state index is 12.6. The number of carboxylic acids is 1. The summed E-state index contributed by atoms with van der Waals surface area (Å²) in [5.41, 5.74) is 0.444. The standard InChI is InChI=1S/C24H26N4O6S/c29-20-11-10-16(14-19(20)24(31)32)15-25-28(13-12-22(30)26-17-6-2-1-3-7-17)23-18-8-4-5-9-21(18)35(33,34)27-23/h4-5,8-11,14-15,17,29H,1-3,6-7,12-13H2,(H,26,30)(H,31,32). The first kappa shape index (κ1) is 24.4. The lowest BCUT2D eigenvalue weighted by Crippen LogP contribution is -2.38. The van der Waals surface area contributed by atoms with Crippen molar-refractivity contribution in [1.29, 1.82) is 0 Å². The number of amides is 1. The number of carbonyl (C=O) groups excluding carboxylic acids is 1. The minimum atomic E-state index is -3.91. The summed E-state index contributed by atoms with van der Waals surface area (Å²) in [5.74, 6) is -1.76. The van der Waals surface area contributed by atoms with E-state index in [2.05, 4.69) is 14.8 Å². The number of aromatic carboxylic acids is 1. The first-order valence-electron chi connectivity index (χ1n) is 11.4. The highest BCUT2D eigenvalue weighted by molar-refractivity contribution is 7.90. The summed E-state index contributed by atoms with van der Waals surface area (Å²) in [7, 11) is -3.91. The van der Waals surface area contributed by atoms with Gasteiger partial charge in [-0.1, -0.05) is 31.4 Å². The van der Waals surface area contributed by atoms with E-state index in [1.54, 1.807) is 18.2 Å². The van der Waals surface area contributed by atoms with Crippen LogP contribution in [0.5, 0.6) is 5.75 Å². The van der Waals surface area contributed by atoms with Gasteiger partial charge < -0.3 is 15.5 Å². The van der Waals surface area contributed by atoms with Crippen molar-refractivity contribution in [3.63, 3.8) is 0 Å². The molecule has 0 radical (unpaired) electrons. The van der Waals surface area contributed by atoms with Crippen molar-refractivity contribution in [2.45, 2.75) is 49.5 Å². The fraction of sp³-hybridized carbons (Fsp3) is 0.333.